The predicted molar refractivity (Wildman–Crippen MR) is 65.4 cm³/mol. The molecule has 16 heavy (non-hydrogen) atoms. The number of hydrogen-bond acceptors (Lipinski definition) is 3. The summed E-state index contributed by atoms with van der Waals surface area (Å²) in [7, 11) is 0. The van der Waals surface area contributed by atoms with Crippen LogP contribution in [0.2, 0.25) is 5.15 Å². The minimum Gasteiger partial charge on any atom is -0.384 e. The second-order valence-electron chi connectivity index (χ2n) is 4.85. The molecule has 0 atom stereocenters. The first-order valence-electron chi connectivity index (χ1n) is 4.99. The zero-order chi connectivity index (χ0) is 12.3. The molecule has 0 aliphatic carbocycles. The summed E-state index contributed by atoms with van der Waals surface area (Å²) in [5.41, 5.74) is 5.98. The molecule has 0 fully saturated rings. The summed E-state index contributed by atoms with van der Waals surface area (Å²) in [5, 5.41) is 3.04. The molecule has 88 valence electrons. The van der Waals surface area contributed by atoms with Crippen LogP contribution in [0, 0.1) is 5.41 Å². The second-order valence-corrected chi connectivity index (χ2v) is 5.23. The van der Waals surface area contributed by atoms with E-state index in [1.54, 1.807) is 0 Å². The maximum absolute atomic E-state index is 11.7. The van der Waals surface area contributed by atoms with Crippen molar-refractivity contribution < 1.29 is 4.79 Å². The fourth-order valence-electron chi connectivity index (χ4n) is 1.10. The van der Waals surface area contributed by atoms with Crippen molar-refractivity contribution in [2.24, 2.45) is 5.41 Å². The number of amides is 1. The minimum atomic E-state index is -0.189. The lowest BCUT2D eigenvalue weighted by molar-refractivity contribution is 0.0939. The highest BCUT2D eigenvalue weighted by Crippen LogP contribution is 2.14. The first-order chi connectivity index (χ1) is 7.28. The van der Waals surface area contributed by atoms with Crippen molar-refractivity contribution >= 4 is 23.3 Å². The van der Waals surface area contributed by atoms with Crippen molar-refractivity contribution in [2.75, 3.05) is 12.3 Å². The van der Waals surface area contributed by atoms with E-state index in [-0.39, 0.29) is 22.3 Å². The van der Waals surface area contributed by atoms with E-state index < -0.39 is 0 Å². The zero-order valence-corrected chi connectivity index (χ0v) is 10.4. The first kappa shape index (κ1) is 12.8. The van der Waals surface area contributed by atoms with E-state index in [1.165, 1.54) is 12.1 Å². The van der Waals surface area contributed by atoms with Crippen LogP contribution in [0.25, 0.3) is 0 Å². The number of pyridine rings is 1. The molecule has 0 spiro atoms. The summed E-state index contributed by atoms with van der Waals surface area (Å²) in [4.78, 5) is 15.5. The fraction of sp³-hybridized carbons (Fsp3) is 0.455. The van der Waals surface area contributed by atoms with Crippen LogP contribution in [-0.2, 0) is 0 Å². The third-order valence-corrected chi connectivity index (χ3v) is 2.05. The molecular weight excluding hydrogens is 226 g/mol. The SMILES string of the molecule is CC(C)(C)CNC(=O)c1cc(N)nc(Cl)c1. The molecule has 0 aliphatic rings. The van der Waals surface area contributed by atoms with Gasteiger partial charge in [-0.15, -0.1) is 0 Å². The average molecular weight is 242 g/mol. The van der Waals surface area contributed by atoms with Gasteiger partial charge in [0.2, 0.25) is 0 Å². The van der Waals surface area contributed by atoms with Gasteiger partial charge in [-0.1, -0.05) is 32.4 Å². The van der Waals surface area contributed by atoms with Crippen LogP contribution in [0.5, 0.6) is 0 Å². The summed E-state index contributed by atoms with van der Waals surface area (Å²) in [5.74, 6) is 0.0549. The maximum Gasteiger partial charge on any atom is 0.251 e. The topological polar surface area (TPSA) is 68.0 Å². The van der Waals surface area contributed by atoms with Crippen LogP contribution in [-0.4, -0.2) is 17.4 Å². The Bertz CT molecular complexity index is 378. The number of nitrogen functional groups attached to an aromatic ring is 1. The van der Waals surface area contributed by atoms with Crippen molar-refractivity contribution in [2.45, 2.75) is 20.8 Å². The lowest BCUT2D eigenvalue weighted by atomic mass is 9.97. The van der Waals surface area contributed by atoms with Crippen molar-refractivity contribution in [1.82, 2.24) is 10.3 Å². The molecule has 0 unspecified atom stereocenters. The van der Waals surface area contributed by atoms with Crippen LogP contribution >= 0.6 is 11.6 Å². The highest BCUT2D eigenvalue weighted by Gasteiger charge is 2.13. The van der Waals surface area contributed by atoms with Gasteiger partial charge in [0, 0.05) is 12.1 Å². The van der Waals surface area contributed by atoms with Crippen LogP contribution < -0.4 is 11.1 Å². The Morgan fingerprint density at radius 1 is 1.50 bits per heavy atom. The number of anilines is 1. The molecular formula is C11H16ClN3O. The molecule has 1 aromatic heterocycles. The van der Waals surface area contributed by atoms with Crippen molar-refractivity contribution in [3.63, 3.8) is 0 Å². The number of nitrogens with zero attached hydrogens (tertiary/aromatic N) is 1. The van der Waals surface area contributed by atoms with Crippen molar-refractivity contribution in [1.29, 1.82) is 0 Å². The van der Waals surface area contributed by atoms with Crippen LogP contribution in [0.4, 0.5) is 5.82 Å². The molecule has 0 aromatic carbocycles. The lowest BCUT2D eigenvalue weighted by Crippen LogP contribution is -2.32. The molecule has 1 rings (SSSR count). The summed E-state index contributed by atoms with van der Waals surface area (Å²) < 4.78 is 0. The highest BCUT2D eigenvalue weighted by atomic mass is 35.5. The van der Waals surface area contributed by atoms with Crippen molar-refractivity contribution in [3.05, 3.63) is 22.8 Å². The number of aromatic nitrogens is 1. The number of rotatable bonds is 2. The number of carbonyl (C=O) groups is 1. The maximum atomic E-state index is 11.7. The van der Waals surface area contributed by atoms with Gasteiger partial charge in [-0.05, 0) is 17.5 Å². The van der Waals surface area contributed by atoms with Gasteiger partial charge in [-0.2, -0.15) is 0 Å². The largest absolute Gasteiger partial charge is 0.384 e. The minimum absolute atomic E-state index is 0.0397. The lowest BCUT2D eigenvalue weighted by Gasteiger charge is -2.18. The second kappa shape index (κ2) is 4.70. The molecule has 3 N–H and O–H groups in total. The standard InChI is InChI=1S/C11H16ClN3O/c1-11(2,3)6-14-10(16)7-4-8(12)15-9(13)5-7/h4-5H,6H2,1-3H3,(H2,13,15)(H,14,16). The van der Waals surface area contributed by atoms with Gasteiger partial charge in [-0.3, -0.25) is 4.79 Å². The summed E-state index contributed by atoms with van der Waals surface area (Å²) in [6.07, 6.45) is 0. The average Bonchev–Trinajstić information content (AvgIpc) is 2.11. The van der Waals surface area contributed by atoms with Gasteiger partial charge in [-0.25, -0.2) is 4.98 Å². The number of nitrogens with two attached hydrogens (primary N) is 1. The van der Waals surface area contributed by atoms with E-state index >= 15 is 0 Å². The third kappa shape index (κ3) is 4.06. The molecule has 0 saturated heterocycles. The van der Waals surface area contributed by atoms with E-state index in [4.69, 9.17) is 17.3 Å². The Hall–Kier alpha value is -1.29. The summed E-state index contributed by atoms with van der Waals surface area (Å²) >= 11 is 5.71. The molecule has 0 aliphatic heterocycles. The molecule has 1 amide bonds. The highest BCUT2D eigenvalue weighted by molar-refractivity contribution is 6.29. The van der Waals surface area contributed by atoms with Crippen LogP contribution in [0.3, 0.4) is 0 Å². The number of hydrogen-bond donors (Lipinski definition) is 2. The smallest absolute Gasteiger partial charge is 0.251 e. The third-order valence-electron chi connectivity index (χ3n) is 1.86. The molecule has 0 saturated carbocycles. The Morgan fingerprint density at radius 3 is 2.62 bits per heavy atom. The van der Waals surface area contributed by atoms with E-state index in [0.717, 1.165) is 0 Å². The van der Waals surface area contributed by atoms with Crippen LogP contribution in [0.15, 0.2) is 12.1 Å². The fourth-order valence-corrected chi connectivity index (χ4v) is 1.31. The van der Waals surface area contributed by atoms with Crippen LogP contribution in [0.1, 0.15) is 31.1 Å². The summed E-state index contributed by atoms with van der Waals surface area (Å²) in [6, 6.07) is 3.00. The Balaban J connectivity index is 2.73. The molecule has 4 nitrogen and oxygen atoms in total. The molecule has 0 radical (unpaired) electrons. The van der Waals surface area contributed by atoms with E-state index in [0.29, 0.717) is 12.1 Å². The number of halogens is 1. The Morgan fingerprint density at radius 2 is 2.12 bits per heavy atom. The molecule has 1 aromatic rings. The first-order valence-corrected chi connectivity index (χ1v) is 5.37. The molecule has 0 bridgehead atoms. The van der Waals surface area contributed by atoms with E-state index in [9.17, 15) is 4.79 Å². The normalized spacial score (nSPS) is 11.2. The quantitative estimate of drug-likeness (QED) is 0.779. The Labute approximate surface area is 100 Å². The van der Waals surface area contributed by atoms with Gasteiger partial charge >= 0.3 is 0 Å². The van der Waals surface area contributed by atoms with Gasteiger partial charge < -0.3 is 11.1 Å². The summed E-state index contributed by atoms with van der Waals surface area (Å²) in [6.45, 7) is 6.72. The van der Waals surface area contributed by atoms with Gasteiger partial charge in [0.05, 0.1) is 0 Å². The van der Waals surface area contributed by atoms with E-state index in [2.05, 4.69) is 10.3 Å². The number of nitrogens with one attached hydrogen (secondary N) is 1. The van der Waals surface area contributed by atoms with Gasteiger partial charge in [0.25, 0.3) is 5.91 Å². The monoisotopic (exact) mass is 241 g/mol. The molecule has 1 heterocycles. The number of carbonyl (C=O) groups excluding carboxylic acids is 1. The van der Waals surface area contributed by atoms with Gasteiger partial charge in [0.15, 0.2) is 0 Å². The predicted octanol–water partition coefficient (Wildman–Crippen LogP) is 2.09. The van der Waals surface area contributed by atoms with E-state index in [1.807, 2.05) is 20.8 Å². The zero-order valence-electron chi connectivity index (χ0n) is 9.67. The van der Waals surface area contributed by atoms with Gasteiger partial charge in [0.1, 0.15) is 11.0 Å². The Kier molecular flexibility index (Phi) is 3.75. The van der Waals surface area contributed by atoms with Crippen molar-refractivity contribution in [3.8, 4) is 0 Å². The molecule has 5 heteroatoms.